The second kappa shape index (κ2) is 8.10. The summed E-state index contributed by atoms with van der Waals surface area (Å²) in [7, 11) is 0. The van der Waals surface area contributed by atoms with Gasteiger partial charge in [-0.3, -0.25) is 0 Å². The van der Waals surface area contributed by atoms with E-state index in [0.717, 1.165) is 24.3 Å². The predicted octanol–water partition coefficient (Wildman–Crippen LogP) is 3.04. The molecule has 0 bridgehead atoms. The van der Waals surface area contributed by atoms with Crippen LogP contribution in [0.1, 0.15) is 53.4 Å². The number of rotatable bonds is 6. The quantitative estimate of drug-likeness (QED) is 0.746. The molecule has 0 saturated carbocycles. The molecule has 2 heteroatoms. The molecule has 2 N–H and O–H groups in total. The number of hydrogen-bond donors (Lipinski definition) is 2. The summed E-state index contributed by atoms with van der Waals surface area (Å²) >= 11 is 0. The molecular formula is C15H32N2. The van der Waals surface area contributed by atoms with Crippen molar-refractivity contribution in [3.8, 4) is 0 Å². The zero-order chi connectivity index (χ0) is 12.7. The zero-order valence-electron chi connectivity index (χ0n) is 12.3. The van der Waals surface area contributed by atoms with Gasteiger partial charge in [0.15, 0.2) is 0 Å². The van der Waals surface area contributed by atoms with Crippen molar-refractivity contribution in [2.75, 3.05) is 19.6 Å². The lowest BCUT2D eigenvalue weighted by Gasteiger charge is -2.26. The molecule has 0 aromatic rings. The second-order valence-corrected chi connectivity index (χ2v) is 6.31. The molecule has 0 aromatic heterocycles. The Morgan fingerprint density at radius 2 is 1.76 bits per heavy atom. The van der Waals surface area contributed by atoms with Gasteiger partial charge < -0.3 is 10.6 Å². The summed E-state index contributed by atoms with van der Waals surface area (Å²) in [6.45, 7) is 12.9. The minimum atomic E-state index is 0.706. The van der Waals surface area contributed by atoms with Crippen molar-refractivity contribution in [1.82, 2.24) is 10.6 Å². The van der Waals surface area contributed by atoms with Crippen LogP contribution in [-0.2, 0) is 0 Å². The van der Waals surface area contributed by atoms with Gasteiger partial charge in [0, 0.05) is 12.6 Å². The van der Waals surface area contributed by atoms with Crippen LogP contribution in [0.25, 0.3) is 0 Å². The first kappa shape index (κ1) is 15.0. The van der Waals surface area contributed by atoms with Gasteiger partial charge in [-0.2, -0.15) is 0 Å². The van der Waals surface area contributed by atoms with Crippen LogP contribution in [0.15, 0.2) is 0 Å². The third-order valence-electron chi connectivity index (χ3n) is 4.15. The molecule has 102 valence electrons. The van der Waals surface area contributed by atoms with Crippen LogP contribution in [0, 0.1) is 17.8 Å². The maximum Gasteiger partial charge on any atom is 0.0192 e. The number of nitrogens with one attached hydrogen (secondary N) is 2. The monoisotopic (exact) mass is 240 g/mol. The summed E-state index contributed by atoms with van der Waals surface area (Å²) in [6, 6.07) is 0.706. The Morgan fingerprint density at radius 3 is 2.41 bits per heavy atom. The molecule has 0 aliphatic carbocycles. The molecule has 0 radical (unpaired) electrons. The average Bonchev–Trinajstić information content (AvgIpc) is 2.51. The van der Waals surface area contributed by atoms with Gasteiger partial charge in [-0.1, -0.05) is 40.5 Å². The van der Waals surface area contributed by atoms with Crippen molar-refractivity contribution in [3.05, 3.63) is 0 Å². The van der Waals surface area contributed by atoms with Crippen LogP contribution >= 0.6 is 0 Å². The molecule has 1 rings (SSSR count). The van der Waals surface area contributed by atoms with Gasteiger partial charge in [-0.15, -0.1) is 0 Å². The van der Waals surface area contributed by atoms with E-state index in [-0.39, 0.29) is 0 Å². The van der Waals surface area contributed by atoms with E-state index in [2.05, 4.69) is 38.3 Å². The maximum absolute atomic E-state index is 3.68. The van der Waals surface area contributed by atoms with E-state index in [9.17, 15) is 0 Å². The normalized spacial score (nSPS) is 22.4. The molecule has 1 atom stereocenters. The van der Waals surface area contributed by atoms with Crippen molar-refractivity contribution in [1.29, 1.82) is 0 Å². The van der Waals surface area contributed by atoms with Crippen molar-refractivity contribution in [3.63, 3.8) is 0 Å². The van der Waals surface area contributed by atoms with Crippen LogP contribution in [0.4, 0.5) is 0 Å². The molecule has 1 fully saturated rings. The summed E-state index contributed by atoms with van der Waals surface area (Å²) < 4.78 is 0. The topological polar surface area (TPSA) is 24.1 Å². The molecule has 1 saturated heterocycles. The predicted molar refractivity (Wildman–Crippen MR) is 76.3 cm³/mol. The molecular weight excluding hydrogens is 208 g/mol. The van der Waals surface area contributed by atoms with E-state index in [1.54, 1.807) is 0 Å². The molecule has 1 unspecified atom stereocenters. The van der Waals surface area contributed by atoms with Gasteiger partial charge in [-0.25, -0.2) is 0 Å². The smallest absolute Gasteiger partial charge is 0.0192 e. The van der Waals surface area contributed by atoms with Crippen LogP contribution in [-0.4, -0.2) is 25.7 Å². The van der Waals surface area contributed by atoms with E-state index in [1.165, 1.54) is 38.8 Å². The van der Waals surface area contributed by atoms with Crippen molar-refractivity contribution >= 4 is 0 Å². The highest BCUT2D eigenvalue weighted by Crippen LogP contribution is 2.19. The summed E-state index contributed by atoms with van der Waals surface area (Å²) in [5.41, 5.74) is 0. The molecule has 0 amide bonds. The van der Waals surface area contributed by atoms with E-state index in [0.29, 0.717) is 6.04 Å². The Labute approximate surface area is 108 Å². The van der Waals surface area contributed by atoms with Crippen LogP contribution in [0.5, 0.6) is 0 Å². The first-order valence-corrected chi connectivity index (χ1v) is 7.55. The second-order valence-electron chi connectivity index (χ2n) is 6.31. The third kappa shape index (κ3) is 5.87. The van der Waals surface area contributed by atoms with Crippen LogP contribution < -0.4 is 10.6 Å². The lowest BCUT2D eigenvalue weighted by Crippen LogP contribution is -2.41. The zero-order valence-corrected chi connectivity index (χ0v) is 12.3. The Kier molecular flexibility index (Phi) is 7.14. The maximum atomic E-state index is 3.68. The summed E-state index contributed by atoms with van der Waals surface area (Å²) in [5, 5.41) is 7.33. The Bertz CT molecular complexity index is 173. The van der Waals surface area contributed by atoms with E-state index in [1.807, 2.05) is 0 Å². The van der Waals surface area contributed by atoms with Gasteiger partial charge >= 0.3 is 0 Å². The lowest BCUT2D eigenvalue weighted by atomic mass is 9.85. The molecule has 0 spiro atoms. The molecule has 17 heavy (non-hydrogen) atoms. The standard InChI is InChI=1S/C15H32N2/c1-12(2)15(13(3)4)11-16-10-14-8-6-5-7-9-17-14/h12-17H,5-11H2,1-4H3. The van der Waals surface area contributed by atoms with Crippen molar-refractivity contribution < 1.29 is 0 Å². The molecule has 1 aliphatic rings. The largest absolute Gasteiger partial charge is 0.315 e. The highest BCUT2D eigenvalue weighted by Gasteiger charge is 2.18. The van der Waals surface area contributed by atoms with Crippen LogP contribution in [0.3, 0.4) is 0 Å². The fourth-order valence-electron chi connectivity index (χ4n) is 2.94. The lowest BCUT2D eigenvalue weighted by molar-refractivity contribution is 0.271. The van der Waals surface area contributed by atoms with Crippen molar-refractivity contribution in [2.24, 2.45) is 17.8 Å². The van der Waals surface area contributed by atoms with E-state index < -0.39 is 0 Å². The molecule has 0 aromatic carbocycles. The highest BCUT2D eigenvalue weighted by molar-refractivity contribution is 4.75. The van der Waals surface area contributed by atoms with Gasteiger partial charge in [0.1, 0.15) is 0 Å². The SMILES string of the molecule is CC(C)C(CNCC1CCCCCN1)C(C)C. The first-order valence-electron chi connectivity index (χ1n) is 7.55. The van der Waals surface area contributed by atoms with E-state index >= 15 is 0 Å². The minimum absolute atomic E-state index is 0.706. The molecule has 2 nitrogen and oxygen atoms in total. The molecule has 1 heterocycles. The Balaban J connectivity index is 2.20. The van der Waals surface area contributed by atoms with Gasteiger partial charge in [0.25, 0.3) is 0 Å². The van der Waals surface area contributed by atoms with Gasteiger partial charge in [0.2, 0.25) is 0 Å². The van der Waals surface area contributed by atoms with Crippen LogP contribution in [0.2, 0.25) is 0 Å². The van der Waals surface area contributed by atoms with E-state index in [4.69, 9.17) is 0 Å². The molecule has 1 aliphatic heterocycles. The Morgan fingerprint density at radius 1 is 1.06 bits per heavy atom. The van der Waals surface area contributed by atoms with Crippen molar-refractivity contribution in [2.45, 2.75) is 59.4 Å². The fraction of sp³-hybridized carbons (Fsp3) is 1.00. The first-order chi connectivity index (χ1) is 8.11. The highest BCUT2D eigenvalue weighted by atomic mass is 15.0. The van der Waals surface area contributed by atoms with Gasteiger partial charge in [0.05, 0.1) is 0 Å². The van der Waals surface area contributed by atoms with Gasteiger partial charge in [-0.05, 0) is 43.7 Å². The summed E-state index contributed by atoms with van der Waals surface area (Å²) in [6.07, 6.45) is 5.51. The summed E-state index contributed by atoms with van der Waals surface area (Å²) in [4.78, 5) is 0. The Hall–Kier alpha value is -0.0800. The minimum Gasteiger partial charge on any atom is -0.315 e. The number of hydrogen-bond acceptors (Lipinski definition) is 2. The average molecular weight is 240 g/mol. The summed E-state index contributed by atoms with van der Waals surface area (Å²) in [5.74, 6) is 2.37. The fourth-order valence-corrected chi connectivity index (χ4v) is 2.94. The third-order valence-corrected chi connectivity index (χ3v) is 4.15.